The van der Waals surface area contributed by atoms with Gasteiger partial charge in [0, 0.05) is 32.2 Å². The third-order valence-corrected chi connectivity index (χ3v) is 7.65. The normalized spacial score (nSPS) is 22.3. The highest BCUT2D eigenvalue weighted by Crippen LogP contribution is 2.31. The number of hydrogen-bond donors (Lipinski definition) is 0. The summed E-state index contributed by atoms with van der Waals surface area (Å²) in [6.07, 6.45) is 3.50. The van der Waals surface area contributed by atoms with Crippen molar-refractivity contribution in [3.63, 3.8) is 0 Å². The summed E-state index contributed by atoms with van der Waals surface area (Å²) in [4.78, 5) is 2.39. The molecule has 0 aromatic heterocycles. The molecule has 2 fully saturated rings. The number of morpholine rings is 2. The van der Waals surface area contributed by atoms with Crippen LogP contribution in [-0.4, -0.2) is 89.1 Å². The second kappa shape index (κ2) is 11.4. The molecule has 0 amide bonds. The molecule has 2 bridgehead atoms. The topological polar surface area (TPSA) is 77.5 Å². The smallest absolute Gasteiger partial charge is 0.214 e. The molecule has 0 saturated carbocycles. The molecule has 2 unspecified atom stereocenters. The average Bonchev–Trinajstić information content (AvgIpc) is 2.76. The van der Waals surface area contributed by atoms with Gasteiger partial charge in [0.2, 0.25) is 10.0 Å². The Kier molecular flexibility index (Phi) is 8.83. The van der Waals surface area contributed by atoms with E-state index in [9.17, 15) is 8.42 Å². The van der Waals surface area contributed by atoms with Crippen LogP contribution in [0.15, 0.2) is 18.2 Å². The van der Waals surface area contributed by atoms with Crippen LogP contribution in [0.2, 0.25) is 0 Å². The van der Waals surface area contributed by atoms with Crippen LogP contribution < -0.4 is 14.2 Å². The molecule has 9 heteroatoms. The van der Waals surface area contributed by atoms with Gasteiger partial charge >= 0.3 is 0 Å². The molecule has 0 aliphatic carbocycles. The Balaban J connectivity index is 1.38. The fourth-order valence-corrected chi connectivity index (χ4v) is 5.84. The molecule has 2 aliphatic rings. The van der Waals surface area contributed by atoms with E-state index in [1.807, 2.05) is 25.1 Å². The third-order valence-electron chi connectivity index (χ3n) is 5.76. The number of rotatable bonds is 12. The number of methoxy groups -OCH3 is 2. The molecule has 1 aromatic rings. The Hall–Kier alpha value is -1.55. The van der Waals surface area contributed by atoms with E-state index in [0.717, 1.165) is 44.6 Å². The van der Waals surface area contributed by atoms with E-state index in [2.05, 4.69) is 4.90 Å². The van der Waals surface area contributed by atoms with Crippen LogP contribution in [0.5, 0.6) is 17.2 Å². The van der Waals surface area contributed by atoms with Crippen LogP contribution in [-0.2, 0) is 14.8 Å². The van der Waals surface area contributed by atoms with Crippen LogP contribution >= 0.6 is 0 Å². The van der Waals surface area contributed by atoms with E-state index in [-0.39, 0.29) is 18.0 Å². The predicted octanol–water partition coefficient (Wildman–Crippen LogP) is 2.38. The minimum Gasteiger partial charge on any atom is -0.493 e. The van der Waals surface area contributed by atoms with E-state index < -0.39 is 10.0 Å². The van der Waals surface area contributed by atoms with Gasteiger partial charge in [0.1, 0.15) is 5.75 Å². The predicted molar refractivity (Wildman–Crippen MR) is 120 cm³/mol. The average molecular weight is 457 g/mol. The molecule has 3 rings (SSSR count). The number of hydrogen-bond acceptors (Lipinski definition) is 7. The largest absolute Gasteiger partial charge is 0.493 e. The van der Waals surface area contributed by atoms with Crippen molar-refractivity contribution in [3.8, 4) is 17.2 Å². The van der Waals surface area contributed by atoms with Gasteiger partial charge in [-0.15, -0.1) is 0 Å². The van der Waals surface area contributed by atoms with Gasteiger partial charge in [-0.25, -0.2) is 8.42 Å². The maximum atomic E-state index is 12.5. The van der Waals surface area contributed by atoms with Gasteiger partial charge in [0.25, 0.3) is 0 Å². The molecule has 2 aliphatic heterocycles. The number of fused-ring (bicyclic) bond motifs is 2. The minimum atomic E-state index is -3.16. The molecule has 2 heterocycles. The summed E-state index contributed by atoms with van der Waals surface area (Å²) in [5, 5.41) is 0. The van der Waals surface area contributed by atoms with Crippen molar-refractivity contribution >= 4 is 10.0 Å². The number of nitrogens with zero attached hydrogens (tertiary/aromatic N) is 2. The van der Waals surface area contributed by atoms with Crippen molar-refractivity contribution in [3.05, 3.63) is 18.2 Å². The molecule has 2 atom stereocenters. The van der Waals surface area contributed by atoms with Crippen molar-refractivity contribution in [2.45, 2.75) is 44.8 Å². The van der Waals surface area contributed by atoms with Gasteiger partial charge < -0.3 is 18.9 Å². The number of ether oxygens (including phenoxy) is 4. The van der Waals surface area contributed by atoms with Crippen molar-refractivity contribution in [1.29, 1.82) is 0 Å². The fraction of sp³-hybridized carbons (Fsp3) is 0.727. The second-order valence-electron chi connectivity index (χ2n) is 8.20. The lowest BCUT2D eigenvalue weighted by atomic mass is 10.1. The highest BCUT2D eigenvalue weighted by atomic mass is 32.2. The Morgan fingerprint density at radius 2 is 1.71 bits per heavy atom. The molecule has 0 N–H and O–H groups in total. The first-order valence-corrected chi connectivity index (χ1v) is 12.8. The molecule has 2 saturated heterocycles. The van der Waals surface area contributed by atoms with Gasteiger partial charge in [-0.05, 0) is 37.9 Å². The van der Waals surface area contributed by atoms with Crippen LogP contribution in [0.3, 0.4) is 0 Å². The lowest BCUT2D eigenvalue weighted by Gasteiger charge is -2.45. The Morgan fingerprint density at radius 3 is 2.35 bits per heavy atom. The molecule has 176 valence electrons. The lowest BCUT2D eigenvalue weighted by molar-refractivity contribution is -0.122. The summed E-state index contributed by atoms with van der Waals surface area (Å²) in [6, 6.07) is 5.56. The maximum Gasteiger partial charge on any atom is 0.214 e. The minimum absolute atomic E-state index is 0.0353. The van der Waals surface area contributed by atoms with Gasteiger partial charge in [-0.3, -0.25) is 4.90 Å². The summed E-state index contributed by atoms with van der Waals surface area (Å²) >= 11 is 0. The molecule has 31 heavy (non-hydrogen) atoms. The van der Waals surface area contributed by atoms with Crippen LogP contribution in [0.25, 0.3) is 0 Å². The first kappa shape index (κ1) is 24.1. The number of sulfonamides is 1. The number of unbranched alkanes of at least 4 members (excludes halogenated alkanes) is 2. The molecule has 0 radical (unpaired) electrons. The Bertz CT molecular complexity index is 789. The SMILES string of the molecule is CCCCS(=O)(=O)N1CC2CN(CCCCOc3ccc(OC)c(OC)c3)CC(C1)O2. The molecular weight excluding hydrogens is 420 g/mol. The third kappa shape index (κ3) is 6.71. The monoisotopic (exact) mass is 456 g/mol. The summed E-state index contributed by atoms with van der Waals surface area (Å²) in [6.45, 7) is 6.13. The summed E-state index contributed by atoms with van der Waals surface area (Å²) in [7, 11) is 0.0587. The van der Waals surface area contributed by atoms with Gasteiger partial charge in [0.05, 0.1) is 38.8 Å². The van der Waals surface area contributed by atoms with E-state index >= 15 is 0 Å². The zero-order valence-electron chi connectivity index (χ0n) is 18.9. The number of benzene rings is 1. The first-order chi connectivity index (χ1) is 14.9. The highest BCUT2D eigenvalue weighted by Gasteiger charge is 2.38. The highest BCUT2D eigenvalue weighted by molar-refractivity contribution is 7.89. The second-order valence-corrected chi connectivity index (χ2v) is 10.3. The first-order valence-electron chi connectivity index (χ1n) is 11.2. The zero-order valence-corrected chi connectivity index (χ0v) is 19.7. The van der Waals surface area contributed by atoms with Crippen LogP contribution in [0.4, 0.5) is 0 Å². The maximum absolute atomic E-state index is 12.5. The van der Waals surface area contributed by atoms with Gasteiger partial charge in [-0.1, -0.05) is 13.3 Å². The van der Waals surface area contributed by atoms with E-state index in [1.165, 1.54) is 0 Å². The zero-order chi connectivity index (χ0) is 22.3. The summed E-state index contributed by atoms with van der Waals surface area (Å²) < 4.78 is 49.1. The van der Waals surface area contributed by atoms with Crippen LogP contribution in [0.1, 0.15) is 32.6 Å². The van der Waals surface area contributed by atoms with E-state index in [0.29, 0.717) is 37.6 Å². The standard InChI is InChI=1S/C22H36N2O6S/c1-4-5-12-31(25,26)24-16-19-14-23(15-20(17-24)30-19)10-6-7-11-29-18-8-9-21(27-2)22(13-18)28-3/h8-9,13,19-20H,4-7,10-12,14-17H2,1-3H3. The van der Waals surface area contributed by atoms with Crippen molar-refractivity contribution in [2.24, 2.45) is 0 Å². The summed E-state index contributed by atoms with van der Waals surface area (Å²) in [5.74, 6) is 2.35. The summed E-state index contributed by atoms with van der Waals surface area (Å²) in [5.41, 5.74) is 0. The van der Waals surface area contributed by atoms with Crippen molar-refractivity contribution in [1.82, 2.24) is 9.21 Å². The quantitative estimate of drug-likeness (QED) is 0.447. The molecule has 8 nitrogen and oxygen atoms in total. The van der Waals surface area contributed by atoms with E-state index in [4.69, 9.17) is 18.9 Å². The van der Waals surface area contributed by atoms with Crippen molar-refractivity contribution in [2.75, 3.05) is 59.3 Å². The van der Waals surface area contributed by atoms with Crippen LogP contribution in [0, 0.1) is 0 Å². The van der Waals surface area contributed by atoms with Gasteiger partial charge in [0.15, 0.2) is 11.5 Å². The lowest BCUT2D eigenvalue weighted by Crippen LogP contribution is -2.60. The Morgan fingerprint density at radius 1 is 1.00 bits per heavy atom. The molecular formula is C22H36N2O6S. The molecule has 1 aromatic carbocycles. The van der Waals surface area contributed by atoms with E-state index in [1.54, 1.807) is 18.5 Å². The molecule has 0 spiro atoms. The Labute approximate surface area is 186 Å². The van der Waals surface area contributed by atoms with Crippen molar-refractivity contribution < 1.29 is 27.4 Å². The fourth-order valence-electron chi connectivity index (χ4n) is 4.14. The van der Waals surface area contributed by atoms with Gasteiger partial charge in [-0.2, -0.15) is 4.31 Å².